The Hall–Kier alpha value is -1.64. The predicted molar refractivity (Wildman–Crippen MR) is 66.7 cm³/mol. The van der Waals surface area contributed by atoms with Crippen molar-refractivity contribution >= 4 is 10.0 Å². The predicted octanol–water partition coefficient (Wildman–Crippen LogP) is 0.774. The van der Waals surface area contributed by atoms with Crippen LogP contribution in [0.15, 0.2) is 32.2 Å². The Labute approximate surface area is 111 Å². The van der Waals surface area contributed by atoms with Crippen molar-refractivity contribution in [2.24, 2.45) is 0 Å². The number of aromatic nitrogens is 1. The van der Waals surface area contributed by atoms with Gasteiger partial charge in [0.1, 0.15) is 11.5 Å². The molecule has 2 aromatic rings. The molecule has 0 radical (unpaired) electrons. The van der Waals surface area contributed by atoms with Gasteiger partial charge in [0, 0.05) is 12.6 Å². The quantitative estimate of drug-likeness (QED) is 0.813. The number of aryl methyl sites for hydroxylation is 1. The van der Waals surface area contributed by atoms with E-state index in [0.717, 1.165) is 11.5 Å². The van der Waals surface area contributed by atoms with Crippen molar-refractivity contribution in [2.45, 2.75) is 25.1 Å². The molecule has 8 heteroatoms. The first kappa shape index (κ1) is 13.8. The largest absolute Gasteiger partial charge is 0.447 e. The summed E-state index contributed by atoms with van der Waals surface area (Å²) in [4.78, 5) is 0. The van der Waals surface area contributed by atoms with E-state index in [9.17, 15) is 8.42 Å². The highest BCUT2D eigenvalue weighted by Crippen LogP contribution is 2.13. The lowest BCUT2D eigenvalue weighted by atomic mass is 10.3. The van der Waals surface area contributed by atoms with Crippen LogP contribution in [0.1, 0.15) is 17.2 Å². The van der Waals surface area contributed by atoms with Crippen molar-refractivity contribution in [3.63, 3.8) is 0 Å². The second-order valence-electron chi connectivity index (χ2n) is 3.96. The fourth-order valence-corrected chi connectivity index (χ4v) is 2.18. The van der Waals surface area contributed by atoms with Crippen LogP contribution in [0.4, 0.5) is 0 Å². The van der Waals surface area contributed by atoms with Gasteiger partial charge in [-0.1, -0.05) is 5.16 Å². The fourth-order valence-electron chi connectivity index (χ4n) is 1.51. The van der Waals surface area contributed by atoms with Gasteiger partial charge in [-0.2, -0.15) is 0 Å². The van der Waals surface area contributed by atoms with E-state index in [1.165, 1.54) is 13.1 Å². The Balaban J connectivity index is 1.90. The van der Waals surface area contributed by atoms with Gasteiger partial charge in [0.05, 0.1) is 12.2 Å². The van der Waals surface area contributed by atoms with Crippen molar-refractivity contribution in [3.05, 3.63) is 35.4 Å². The van der Waals surface area contributed by atoms with Crippen molar-refractivity contribution in [1.82, 2.24) is 15.2 Å². The van der Waals surface area contributed by atoms with E-state index >= 15 is 0 Å². The molecule has 2 heterocycles. The minimum absolute atomic E-state index is 0.0934. The average molecular weight is 285 g/mol. The van der Waals surface area contributed by atoms with Crippen LogP contribution < -0.4 is 10.0 Å². The molecular weight excluding hydrogens is 270 g/mol. The van der Waals surface area contributed by atoms with Gasteiger partial charge in [-0.15, -0.1) is 0 Å². The Morgan fingerprint density at radius 2 is 2.11 bits per heavy atom. The minimum atomic E-state index is -3.52. The number of nitrogens with zero attached hydrogens (tertiary/aromatic N) is 1. The summed E-state index contributed by atoms with van der Waals surface area (Å²) in [6.07, 6.45) is 0. The summed E-state index contributed by atoms with van der Waals surface area (Å²) in [5.41, 5.74) is 0.784. The van der Waals surface area contributed by atoms with Gasteiger partial charge in [-0.3, -0.25) is 0 Å². The summed E-state index contributed by atoms with van der Waals surface area (Å²) in [6, 6.07) is 4.86. The number of hydrogen-bond donors (Lipinski definition) is 2. The molecule has 0 spiro atoms. The van der Waals surface area contributed by atoms with Crippen LogP contribution in [0.5, 0.6) is 0 Å². The lowest BCUT2D eigenvalue weighted by molar-refractivity contribution is 0.382. The highest BCUT2D eigenvalue weighted by Gasteiger charge is 2.16. The maximum absolute atomic E-state index is 11.5. The number of hydrogen-bond acceptors (Lipinski definition) is 6. The molecule has 2 aromatic heterocycles. The van der Waals surface area contributed by atoms with E-state index < -0.39 is 10.0 Å². The molecule has 0 fully saturated rings. The molecule has 0 unspecified atom stereocenters. The van der Waals surface area contributed by atoms with Gasteiger partial charge in [-0.05, 0) is 26.1 Å². The second kappa shape index (κ2) is 5.55. The monoisotopic (exact) mass is 285 g/mol. The molecule has 0 aromatic carbocycles. The van der Waals surface area contributed by atoms with Gasteiger partial charge in [0.2, 0.25) is 5.09 Å². The molecule has 7 nitrogen and oxygen atoms in total. The Morgan fingerprint density at radius 3 is 2.74 bits per heavy atom. The minimum Gasteiger partial charge on any atom is -0.447 e. The summed E-state index contributed by atoms with van der Waals surface area (Å²) < 4.78 is 35.3. The summed E-state index contributed by atoms with van der Waals surface area (Å²) in [5.74, 6) is 1.28. The maximum atomic E-state index is 11.5. The summed E-state index contributed by atoms with van der Waals surface area (Å²) in [5, 5.41) is 6.82. The van der Waals surface area contributed by atoms with Crippen molar-refractivity contribution in [3.8, 4) is 0 Å². The van der Waals surface area contributed by atoms with Crippen LogP contribution in [-0.4, -0.2) is 20.6 Å². The molecule has 0 aliphatic heterocycles. The third kappa shape index (κ3) is 3.43. The molecule has 0 saturated carbocycles. The average Bonchev–Trinajstić information content (AvgIpc) is 2.99. The normalized spacial score (nSPS) is 11.9. The van der Waals surface area contributed by atoms with Gasteiger partial charge in [0.15, 0.2) is 0 Å². The lowest BCUT2D eigenvalue weighted by Crippen LogP contribution is -2.17. The van der Waals surface area contributed by atoms with Gasteiger partial charge in [-0.25, -0.2) is 13.1 Å². The molecule has 19 heavy (non-hydrogen) atoms. The standard InChI is InChI=1S/C11H15N3O4S/c1-8-5-9(14-18-8)6-13-7-10-3-4-11(17-10)19(15,16)12-2/h3-5,12-13H,6-7H2,1-2H3. The van der Waals surface area contributed by atoms with Crippen molar-refractivity contribution < 1.29 is 17.4 Å². The SMILES string of the molecule is CNS(=O)(=O)c1ccc(CNCc2cc(C)on2)o1. The fraction of sp³-hybridized carbons (Fsp3) is 0.364. The van der Waals surface area contributed by atoms with E-state index in [-0.39, 0.29) is 5.09 Å². The van der Waals surface area contributed by atoms with Gasteiger partial charge in [0.25, 0.3) is 10.0 Å². The molecule has 2 rings (SSSR count). The zero-order chi connectivity index (χ0) is 13.9. The second-order valence-corrected chi connectivity index (χ2v) is 5.78. The molecule has 0 bridgehead atoms. The van der Waals surface area contributed by atoms with E-state index in [4.69, 9.17) is 8.94 Å². The van der Waals surface area contributed by atoms with E-state index in [2.05, 4.69) is 15.2 Å². The molecule has 0 aliphatic carbocycles. The Kier molecular flexibility index (Phi) is 4.03. The first-order valence-electron chi connectivity index (χ1n) is 5.66. The van der Waals surface area contributed by atoms with E-state index in [0.29, 0.717) is 18.8 Å². The maximum Gasteiger partial charge on any atom is 0.273 e. The molecule has 0 amide bonds. The molecule has 104 valence electrons. The zero-order valence-electron chi connectivity index (χ0n) is 10.6. The van der Waals surface area contributed by atoms with Crippen LogP contribution >= 0.6 is 0 Å². The first-order valence-corrected chi connectivity index (χ1v) is 7.15. The summed E-state index contributed by atoms with van der Waals surface area (Å²) >= 11 is 0. The van der Waals surface area contributed by atoms with E-state index in [1.54, 1.807) is 6.07 Å². The van der Waals surface area contributed by atoms with Crippen LogP contribution in [0.3, 0.4) is 0 Å². The zero-order valence-corrected chi connectivity index (χ0v) is 11.5. The van der Waals surface area contributed by atoms with Crippen molar-refractivity contribution in [2.75, 3.05) is 7.05 Å². The molecule has 0 aliphatic rings. The number of nitrogens with one attached hydrogen (secondary N) is 2. The molecule has 0 saturated heterocycles. The third-order valence-corrected chi connectivity index (χ3v) is 3.74. The number of sulfonamides is 1. The topological polar surface area (TPSA) is 97.4 Å². The first-order chi connectivity index (χ1) is 9.01. The van der Waals surface area contributed by atoms with Gasteiger partial charge >= 0.3 is 0 Å². The lowest BCUT2D eigenvalue weighted by Gasteiger charge is -1.99. The Morgan fingerprint density at radius 1 is 1.32 bits per heavy atom. The van der Waals surface area contributed by atoms with Crippen LogP contribution in [-0.2, 0) is 23.1 Å². The highest BCUT2D eigenvalue weighted by atomic mass is 32.2. The number of furan rings is 1. The van der Waals surface area contributed by atoms with Crippen LogP contribution in [0, 0.1) is 6.92 Å². The van der Waals surface area contributed by atoms with Crippen LogP contribution in [0.25, 0.3) is 0 Å². The summed E-state index contributed by atoms with van der Waals surface area (Å²) in [6.45, 7) is 2.75. The van der Waals surface area contributed by atoms with Crippen molar-refractivity contribution in [1.29, 1.82) is 0 Å². The molecule has 2 N–H and O–H groups in total. The highest BCUT2D eigenvalue weighted by molar-refractivity contribution is 7.89. The summed E-state index contributed by atoms with van der Waals surface area (Å²) in [7, 11) is -2.19. The smallest absolute Gasteiger partial charge is 0.273 e. The van der Waals surface area contributed by atoms with Crippen LogP contribution in [0.2, 0.25) is 0 Å². The Bertz CT molecular complexity index is 644. The van der Waals surface area contributed by atoms with Gasteiger partial charge < -0.3 is 14.3 Å². The number of rotatable bonds is 6. The molecule has 0 atom stereocenters. The molecular formula is C11H15N3O4S. The van der Waals surface area contributed by atoms with E-state index in [1.807, 2.05) is 13.0 Å². The third-order valence-electron chi connectivity index (χ3n) is 2.45.